The Morgan fingerprint density at radius 1 is 0.930 bits per heavy atom. The van der Waals surface area contributed by atoms with Crippen LogP contribution in [0.2, 0.25) is 36.3 Å². The molecule has 3 aliphatic carbocycles. The lowest BCUT2D eigenvalue weighted by Crippen LogP contribution is -2.47. The van der Waals surface area contributed by atoms with Gasteiger partial charge in [0.05, 0.1) is 12.2 Å². The Labute approximate surface area is 267 Å². The zero-order chi connectivity index (χ0) is 32.5. The molecule has 2 saturated carbocycles. The second-order valence-electron chi connectivity index (χ2n) is 17.5. The Bertz CT molecular complexity index is 948. The third kappa shape index (κ3) is 8.54. The van der Waals surface area contributed by atoms with Crippen molar-refractivity contribution in [3.63, 3.8) is 0 Å². The molecule has 0 bridgehead atoms. The van der Waals surface area contributed by atoms with Crippen LogP contribution in [0.5, 0.6) is 0 Å². The fraction of sp³-hybridized carbons (Fsp3) is 0.917. The van der Waals surface area contributed by atoms with Crippen molar-refractivity contribution in [2.45, 2.75) is 161 Å². The number of aliphatic hydroxyl groups excluding tert-OH is 2. The quantitative estimate of drug-likeness (QED) is 0.147. The van der Waals surface area contributed by atoms with Crippen molar-refractivity contribution in [2.75, 3.05) is 6.61 Å². The molecule has 250 valence electrons. The number of carbonyl (C=O) groups excluding carboxylic acids is 1. The van der Waals surface area contributed by atoms with Crippen LogP contribution < -0.4 is 0 Å². The third-order valence-electron chi connectivity index (χ3n) is 12.6. The van der Waals surface area contributed by atoms with E-state index in [0.717, 1.165) is 44.9 Å². The van der Waals surface area contributed by atoms with Crippen LogP contribution in [-0.4, -0.2) is 57.5 Å². The topological polar surface area (TPSA) is 76.0 Å². The van der Waals surface area contributed by atoms with E-state index in [1.165, 1.54) is 0 Å². The van der Waals surface area contributed by atoms with Gasteiger partial charge in [0.2, 0.25) is 0 Å². The number of hydrogen-bond acceptors (Lipinski definition) is 5. The molecule has 0 aromatic carbocycles. The molecular weight excluding hydrogens is 569 g/mol. The van der Waals surface area contributed by atoms with Gasteiger partial charge in [-0.05, 0) is 117 Å². The molecule has 7 heteroatoms. The highest BCUT2D eigenvalue weighted by Gasteiger charge is 2.54. The van der Waals surface area contributed by atoms with Gasteiger partial charge in [-0.3, -0.25) is 4.79 Å². The molecule has 43 heavy (non-hydrogen) atoms. The van der Waals surface area contributed by atoms with Gasteiger partial charge in [-0.25, -0.2) is 0 Å². The van der Waals surface area contributed by atoms with Crippen LogP contribution in [0.15, 0.2) is 12.2 Å². The van der Waals surface area contributed by atoms with Crippen LogP contribution in [-0.2, 0) is 13.6 Å². The summed E-state index contributed by atoms with van der Waals surface area (Å²) in [6, 6.07) is 0. The summed E-state index contributed by atoms with van der Waals surface area (Å²) in [5.41, 5.74) is 0. The maximum Gasteiger partial charge on any atom is 0.192 e. The second-order valence-corrected chi connectivity index (χ2v) is 27.1. The molecule has 0 spiro atoms. The average Bonchev–Trinajstić information content (AvgIpc) is 3.46. The number of fused-ring (bicyclic) bond motifs is 3. The van der Waals surface area contributed by atoms with Gasteiger partial charge in [0, 0.05) is 24.5 Å². The lowest BCUT2D eigenvalue weighted by Gasteiger charge is -2.41. The molecule has 0 heterocycles. The number of hydrogen-bond donors (Lipinski definition) is 2. The highest BCUT2D eigenvalue weighted by Crippen LogP contribution is 2.57. The summed E-state index contributed by atoms with van der Waals surface area (Å²) in [5, 5.41) is 20.6. The van der Waals surface area contributed by atoms with E-state index in [2.05, 4.69) is 86.8 Å². The van der Waals surface area contributed by atoms with Crippen molar-refractivity contribution in [3.8, 4) is 0 Å². The standard InChI is InChI=1S/C36H68O5Si2/c1-13-26(38)15-14-16-33(41-43(11,12)36(6,7)8)24(2)34(39)32-23-31-28(29(32)19-20-37)18-17-25-21-27(22-30(25)31)40-42(9,10)35(3,4)5/h17-18,24-33,37-38H,13-16,19-23H2,1-12H3/t24-,25-,26+,27-,28+,29+,30-,31-,32+,33+/m1/s1. The molecule has 0 aromatic heterocycles. The predicted octanol–water partition coefficient (Wildman–Crippen LogP) is 8.76. The van der Waals surface area contributed by atoms with E-state index in [0.29, 0.717) is 42.0 Å². The molecule has 0 unspecified atom stereocenters. The van der Waals surface area contributed by atoms with Crippen LogP contribution in [0.3, 0.4) is 0 Å². The van der Waals surface area contributed by atoms with Crippen molar-refractivity contribution in [2.24, 2.45) is 41.4 Å². The number of ketones is 1. The number of rotatable bonds is 14. The van der Waals surface area contributed by atoms with Gasteiger partial charge in [0.1, 0.15) is 5.78 Å². The molecular formula is C36H68O5Si2. The zero-order valence-electron chi connectivity index (χ0n) is 29.9. The van der Waals surface area contributed by atoms with Crippen molar-refractivity contribution in [1.82, 2.24) is 0 Å². The van der Waals surface area contributed by atoms with Crippen molar-refractivity contribution < 1.29 is 23.9 Å². The maximum absolute atomic E-state index is 14.5. The van der Waals surface area contributed by atoms with Crippen LogP contribution >= 0.6 is 0 Å². The second kappa shape index (κ2) is 14.2. The molecule has 0 aromatic rings. The van der Waals surface area contributed by atoms with E-state index in [9.17, 15) is 15.0 Å². The van der Waals surface area contributed by atoms with Crippen LogP contribution in [0.25, 0.3) is 0 Å². The molecule has 10 atom stereocenters. The molecule has 0 saturated heterocycles. The smallest absolute Gasteiger partial charge is 0.192 e. The Morgan fingerprint density at radius 3 is 2.12 bits per heavy atom. The third-order valence-corrected chi connectivity index (χ3v) is 21.7. The SMILES string of the molecule is CC[C@H](O)CCC[C@H](O[Si](C)(C)C(C)(C)C)[C@@H](C)C(=O)[C@H]1C[C@@H]2[C@@H](C=C[C@@H]3C[C@@H](O[Si](C)(C)C(C)(C)C)C[C@@H]23)[C@@H]1CCO. The first-order valence-electron chi connectivity index (χ1n) is 17.6. The van der Waals surface area contributed by atoms with Gasteiger partial charge >= 0.3 is 0 Å². The first-order chi connectivity index (χ1) is 19.7. The Hall–Kier alpha value is -0.316. The highest BCUT2D eigenvalue weighted by atomic mass is 28.4. The number of Topliss-reactive ketones (excluding diaryl/α,β-unsaturated/α-hetero) is 1. The lowest BCUT2D eigenvalue weighted by atomic mass is 9.71. The van der Waals surface area contributed by atoms with Gasteiger partial charge < -0.3 is 19.1 Å². The van der Waals surface area contributed by atoms with Gasteiger partial charge in [0.15, 0.2) is 16.6 Å². The summed E-state index contributed by atoms with van der Waals surface area (Å²) >= 11 is 0. The number of carbonyl (C=O) groups is 1. The summed E-state index contributed by atoms with van der Waals surface area (Å²) in [5.74, 6) is 2.25. The van der Waals surface area contributed by atoms with E-state index in [1.807, 2.05) is 6.92 Å². The first-order valence-corrected chi connectivity index (χ1v) is 23.4. The molecule has 3 aliphatic rings. The summed E-state index contributed by atoms with van der Waals surface area (Å²) < 4.78 is 13.9. The molecule has 0 radical (unpaired) electrons. The van der Waals surface area contributed by atoms with Crippen LogP contribution in [0, 0.1) is 41.4 Å². The van der Waals surface area contributed by atoms with Gasteiger partial charge in [-0.1, -0.05) is 67.5 Å². The van der Waals surface area contributed by atoms with E-state index in [4.69, 9.17) is 8.85 Å². The summed E-state index contributed by atoms with van der Waals surface area (Å²) in [6.07, 6.45) is 11.8. The average molecular weight is 637 g/mol. The van der Waals surface area contributed by atoms with E-state index in [1.54, 1.807) is 0 Å². The summed E-state index contributed by atoms with van der Waals surface area (Å²) in [4.78, 5) is 14.5. The van der Waals surface area contributed by atoms with Crippen molar-refractivity contribution in [3.05, 3.63) is 12.2 Å². The van der Waals surface area contributed by atoms with Gasteiger partial charge in [-0.15, -0.1) is 0 Å². The Morgan fingerprint density at radius 2 is 1.56 bits per heavy atom. The van der Waals surface area contributed by atoms with Crippen molar-refractivity contribution >= 4 is 22.4 Å². The molecule has 0 aliphatic heterocycles. The largest absolute Gasteiger partial charge is 0.414 e. The fourth-order valence-corrected chi connectivity index (χ4v) is 10.6. The fourth-order valence-electron chi connectivity index (χ4n) is 7.80. The zero-order valence-corrected chi connectivity index (χ0v) is 31.9. The minimum Gasteiger partial charge on any atom is -0.414 e. The Balaban J connectivity index is 1.80. The molecule has 3 rings (SSSR count). The predicted molar refractivity (Wildman–Crippen MR) is 184 cm³/mol. The number of allylic oxidation sites excluding steroid dienone is 2. The number of aliphatic hydroxyl groups is 2. The minimum absolute atomic E-state index is 0.0346. The molecule has 5 nitrogen and oxygen atoms in total. The highest BCUT2D eigenvalue weighted by molar-refractivity contribution is 6.74. The molecule has 2 fully saturated rings. The van der Waals surface area contributed by atoms with Gasteiger partial charge in [-0.2, -0.15) is 0 Å². The molecule has 0 amide bonds. The van der Waals surface area contributed by atoms with Crippen molar-refractivity contribution in [1.29, 1.82) is 0 Å². The normalized spacial score (nSPS) is 31.9. The first kappa shape index (κ1) is 37.1. The Kier molecular flexibility index (Phi) is 12.3. The molecule has 2 N–H and O–H groups in total. The van der Waals surface area contributed by atoms with E-state index >= 15 is 0 Å². The van der Waals surface area contributed by atoms with Crippen LogP contribution in [0.4, 0.5) is 0 Å². The van der Waals surface area contributed by atoms with Crippen LogP contribution in [0.1, 0.15) is 107 Å². The monoisotopic (exact) mass is 636 g/mol. The maximum atomic E-state index is 14.5. The van der Waals surface area contributed by atoms with Gasteiger partial charge in [0.25, 0.3) is 0 Å². The lowest BCUT2D eigenvalue weighted by molar-refractivity contribution is -0.131. The van der Waals surface area contributed by atoms with E-state index in [-0.39, 0.29) is 46.6 Å². The van der Waals surface area contributed by atoms with E-state index < -0.39 is 16.6 Å². The minimum atomic E-state index is -2.10. The summed E-state index contributed by atoms with van der Waals surface area (Å²) in [6.45, 7) is 27.3. The summed E-state index contributed by atoms with van der Waals surface area (Å²) in [7, 11) is -3.94.